The molecule has 0 aliphatic carbocycles. The van der Waals surface area contributed by atoms with E-state index in [1.165, 1.54) is 12.2 Å². The highest BCUT2D eigenvalue weighted by Gasteiger charge is 2.11. The van der Waals surface area contributed by atoms with Gasteiger partial charge in [-0.2, -0.15) is 0 Å². The molecule has 0 spiro atoms. The number of hydrogen-bond donors (Lipinski definition) is 0. The van der Waals surface area contributed by atoms with Crippen LogP contribution in [0.1, 0.15) is 25.3 Å². The minimum Gasteiger partial charge on any atom is -0.433 e. The maximum atomic E-state index is 11.1. The molecule has 14 heavy (non-hydrogen) atoms. The maximum Gasteiger partial charge on any atom is 0.333 e. The Kier molecular flexibility index (Phi) is 3.63. The second-order valence-corrected chi connectivity index (χ2v) is 7.08. The van der Waals surface area contributed by atoms with Crippen molar-refractivity contribution in [1.29, 1.82) is 0 Å². The average Bonchev–Trinajstić information content (AvgIpc) is 2.02. The summed E-state index contributed by atoms with van der Waals surface area (Å²) in [6.07, 6.45) is 0. The second kappa shape index (κ2) is 4.37. The van der Waals surface area contributed by atoms with E-state index in [0.717, 1.165) is 0 Å². The molecule has 0 saturated carbocycles. The fourth-order valence-corrected chi connectivity index (χ4v) is 1.84. The summed E-state index contributed by atoms with van der Waals surface area (Å²) in [7, 11) is 0. The first-order valence-corrected chi connectivity index (χ1v) is 7.43. The zero-order chi connectivity index (χ0) is 10.8. The van der Waals surface area contributed by atoms with E-state index in [1.807, 2.05) is 12.1 Å². The lowest BCUT2D eigenvalue weighted by Gasteiger charge is -2.09. The quantitative estimate of drug-likeness (QED) is 0.729. The van der Waals surface area contributed by atoms with Crippen LogP contribution in [0.15, 0.2) is 24.3 Å². The lowest BCUT2D eigenvalue weighted by Crippen LogP contribution is -1.88. The van der Waals surface area contributed by atoms with Gasteiger partial charge in [0.2, 0.25) is 0 Å². The van der Waals surface area contributed by atoms with Gasteiger partial charge in [-0.15, -0.1) is 0 Å². The summed E-state index contributed by atoms with van der Waals surface area (Å²) in [5.74, 6) is 1.03. The SMILES string of the molecule is CC(C)c1ccc(OP(C)(=O)Cl)cc1. The van der Waals surface area contributed by atoms with Crippen LogP contribution in [0.3, 0.4) is 0 Å². The van der Waals surface area contributed by atoms with Gasteiger partial charge in [0, 0.05) is 6.66 Å². The third-order valence-corrected chi connectivity index (χ3v) is 2.56. The van der Waals surface area contributed by atoms with E-state index in [-0.39, 0.29) is 0 Å². The lowest BCUT2D eigenvalue weighted by molar-refractivity contribution is 0.504. The summed E-state index contributed by atoms with van der Waals surface area (Å²) < 4.78 is 16.2. The predicted molar refractivity (Wildman–Crippen MR) is 60.5 cm³/mol. The molecule has 1 rings (SSSR count). The summed E-state index contributed by atoms with van der Waals surface area (Å²) in [4.78, 5) is 0. The Morgan fingerprint density at radius 2 is 1.79 bits per heavy atom. The predicted octanol–water partition coefficient (Wildman–Crippen LogP) is 4.25. The number of hydrogen-bond acceptors (Lipinski definition) is 2. The first-order valence-electron chi connectivity index (χ1n) is 4.45. The van der Waals surface area contributed by atoms with Gasteiger partial charge in [0.15, 0.2) is 0 Å². The first kappa shape index (κ1) is 11.6. The van der Waals surface area contributed by atoms with Gasteiger partial charge in [0.25, 0.3) is 0 Å². The smallest absolute Gasteiger partial charge is 0.333 e. The van der Waals surface area contributed by atoms with Crippen molar-refractivity contribution in [1.82, 2.24) is 0 Å². The molecule has 0 N–H and O–H groups in total. The van der Waals surface area contributed by atoms with E-state index < -0.39 is 6.72 Å². The largest absolute Gasteiger partial charge is 0.433 e. The normalized spacial score (nSPS) is 15.2. The van der Waals surface area contributed by atoms with Crippen LogP contribution in [-0.2, 0) is 4.57 Å². The van der Waals surface area contributed by atoms with Crippen molar-refractivity contribution in [3.8, 4) is 5.75 Å². The fraction of sp³-hybridized carbons (Fsp3) is 0.400. The van der Waals surface area contributed by atoms with E-state index >= 15 is 0 Å². The molecule has 0 heterocycles. The van der Waals surface area contributed by atoms with E-state index in [2.05, 4.69) is 13.8 Å². The van der Waals surface area contributed by atoms with Crippen LogP contribution in [0.4, 0.5) is 0 Å². The van der Waals surface area contributed by atoms with Crippen LogP contribution >= 0.6 is 18.0 Å². The van der Waals surface area contributed by atoms with Crippen molar-refractivity contribution in [3.05, 3.63) is 29.8 Å². The molecule has 4 heteroatoms. The van der Waals surface area contributed by atoms with Gasteiger partial charge in [0.1, 0.15) is 5.75 Å². The van der Waals surface area contributed by atoms with Gasteiger partial charge in [-0.3, -0.25) is 4.57 Å². The van der Waals surface area contributed by atoms with Gasteiger partial charge < -0.3 is 4.52 Å². The highest BCUT2D eigenvalue weighted by molar-refractivity contribution is 7.85. The molecule has 78 valence electrons. The number of benzene rings is 1. The number of halogens is 1. The Labute approximate surface area is 89.5 Å². The molecule has 0 amide bonds. The molecular formula is C10H14ClO2P. The van der Waals surface area contributed by atoms with Crippen LogP contribution in [0.5, 0.6) is 5.75 Å². The molecule has 0 aliphatic heterocycles. The minimum absolute atomic E-state index is 0.480. The van der Waals surface area contributed by atoms with Crippen molar-refractivity contribution in [2.75, 3.05) is 6.66 Å². The molecular weight excluding hydrogens is 219 g/mol. The molecule has 0 saturated heterocycles. The van der Waals surface area contributed by atoms with E-state index in [1.54, 1.807) is 12.1 Å². The van der Waals surface area contributed by atoms with Crippen molar-refractivity contribution in [3.63, 3.8) is 0 Å². The van der Waals surface area contributed by atoms with Crippen LogP contribution in [0.2, 0.25) is 0 Å². The average molecular weight is 233 g/mol. The van der Waals surface area contributed by atoms with Crippen LogP contribution in [0.25, 0.3) is 0 Å². The highest BCUT2D eigenvalue weighted by atomic mass is 35.7. The summed E-state index contributed by atoms with van der Waals surface area (Å²) in [5.41, 5.74) is 1.22. The Morgan fingerprint density at radius 1 is 1.29 bits per heavy atom. The summed E-state index contributed by atoms with van der Waals surface area (Å²) >= 11 is 5.50. The molecule has 0 fully saturated rings. The van der Waals surface area contributed by atoms with Gasteiger partial charge in [-0.25, -0.2) is 0 Å². The lowest BCUT2D eigenvalue weighted by atomic mass is 10.0. The van der Waals surface area contributed by atoms with Crippen molar-refractivity contribution in [2.45, 2.75) is 19.8 Å². The van der Waals surface area contributed by atoms with Gasteiger partial charge in [0.05, 0.1) is 0 Å². The monoisotopic (exact) mass is 232 g/mol. The van der Waals surface area contributed by atoms with Crippen molar-refractivity contribution >= 4 is 18.0 Å². The zero-order valence-corrected chi connectivity index (χ0v) is 10.2. The van der Waals surface area contributed by atoms with Crippen LogP contribution in [-0.4, -0.2) is 6.66 Å². The Hall–Kier alpha value is -0.460. The Morgan fingerprint density at radius 3 is 2.14 bits per heavy atom. The van der Waals surface area contributed by atoms with Gasteiger partial charge in [-0.05, 0) is 34.9 Å². The molecule has 1 unspecified atom stereocenters. The molecule has 1 aromatic carbocycles. The van der Waals surface area contributed by atoms with E-state index in [9.17, 15) is 4.57 Å². The van der Waals surface area contributed by atoms with Crippen molar-refractivity contribution < 1.29 is 9.09 Å². The summed E-state index contributed by atoms with van der Waals surface area (Å²) in [5, 5.41) is 0. The van der Waals surface area contributed by atoms with E-state index in [4.69, 9.17) is 15.8 Å². The summed E-state index contributed by atoms with van der Waals surface area (Å²) in [6, 6.07) is 7.47. The first-order chi connectivity index (χ1) is 6.38. The molecule has 0 aromatic heterocycles. The molecule has 1 aromatic rings. The Balaban J connectivity index is 2.79. The van der Waals surface area contributed by atoms with Crippen LogP contribution in [0, 0.1) is 0 Å². The van der Waals surface area contributed by atoms with Gasteiger partial charge in [-0.1, -0.05) is 26.0 Å². The van der Waals surface area contributed by atoms with Crippen molar-refractivity contribution in [2.24, 2.45) is 0 Å². The number of rotatable bonds is 3. The molecule has 1 atom stereocenters. The zero-order valence-electron chi connectivity index (χ0n) is 8.53. The molecule has 0 radical (unpaired) electrons. The molecule has 0 aliphatic rings. The topological polar surface area (TPSA) is 26.3 Å². The van der Waals surface area contributed by atoms with Crippen LogP contribution < -0.4 is 4.52 Å². The third-order valence-electron chi connectivity index (χ3n) is 1.82. The third kappa shape index (κ3) is 3.73. The second-order valence-electron chi connectivity index (χ2n) is 3.56. The molecule has 2 nitrogen and oxygen atoms in total. The summed E-state index contributed by atoms with van der Waals surface area (Å²) in [6.45, 7) is 2.65. The fourth-order valence-electron chi connectivity index (χ4n) is 1.10. The highest BCUT2D eigenvalue weighted by Crippen LogP contribution is 2.48. The van der Waals surface area contributed by atoms with Gasteiger partial charge >= 0.3 is 6.72 Å². The minimum atomic E-state index is -2.95. The maximum absolute atomic E-state index is 11.1. The molecule has 0 bridgehead atoms. The standard InChI is InChI=1S/C10H14ClO2P/c1-8(2)9-4-6-10(7-5-9)13-14(3,11)12/h4-8H,1-3H3. The van der Waals surface area contributed by atoms with E-state index in [0.29, 0.717) is 11.7 Å². The Bertz CT molecular complexity index is 340.